The van der Waals surface area contributed by atoms with E-state index in [4.69, 9.17) is 0 Å². The number of hydrogen-bond donors (Lipinski definition) is 0. The largest absolute Gasteiger partial charge is 0.368 e. The zero-order chi connectivity index (χ0) is 23.7. The van der Waals surface area contributed by atoms with Crippen molar-refractivity contribution in [3.05, 3.63) is 70.9 Å². The van der Waals surface area contributed by atoms with Crippen LogP contribution in [-0.4, -0.2) is 53.8 Å². The lowest BCUT2D eigenvalue weighted by Gasteiger charge is -2.38. The lowest BCUT2D eigenvalue weighted by molar-refractivity contribution is -0.140. The summed E-state index contributed by atoms with van der Waals surface area (Å²) >= 11 is 0. The Bertz CT molecular complexity index is 1090. The first kappa shape index (κ1) is 22.7. The quantitative estimate of drug-likeness (QED) is 0.482. The highest BCUT2D eigenvalue weighted by atomic mass is 16.2. The van der Waals surface area contributed by atoms with E-state index in [1.165, 1.54) is 24.1 Å². The van der Waals surface area contributed by atoms with Gasteiger partial charge in [0, 0.05) is 37.9 Å². The second kappa shape index (κ2) is 9.65. The Balaban J connectivity index is 1.48. The minimum atomic E-state index is -0.0966. The molecule has 2 aromatic carbocycles. The number of hydrogen-bond acceptors (Lipinski definition) is 4. The minimum Gasteiger partial charge on any atom is -0.368 e. The van der Waals surface area contributed by atoms with Gasteiger partial charge in [-0.05, 0) is 55.5 Å². The van der Waals surface area contributed by atoms with Crippen LogP contribution in [0.1, 0.15) is 55.2 Å². The molecule has 5 heteroatoms. The number of benzene rings is 2. The summed E-state index contributed by atoms with van der Waals surface area (Å²) in [5.74, 6) is -0.182. The molecule has 2 amide bonds. The molecule has 0 aromatic heterocycles. The van der Waals surface area contributed by atoms with E-state index >= 15 is 0 Å². The van der Waals surface area contributed by atoms with Gasteiger partial charge in [-0.25, -0.2) is 0 Å². The fourth-order valence-electron chi connectivity index (χ4n) is 5.66. The normalized spacial score (nSPS) is 20.4. The smallest absolute Gasteiger partial charge is 0.278 e. The topological polar surface area (TPSA) is 43.9 Å². The van der Waals surface area contributed by atoms with Gasteiger partial charge in [-0.3, -0.25) is 14.5 Å². The van der Waals surface area contributed by atoms with Gasteiger partial charge in [0.05, 0.1) is 5.57 Å². The third-order valence-corrected chi connectivity index (χ3v) is 7.79. The molecule has 3 aliphatic rings. The van der Waals surface area contributed by atoms with Crippen LogP contribution in [0.15, 0.2) is 54.2 Å². The van der Waals surface area contributed by atoms with E-state index in [9.17, 15) is 9.59 Å². The molecule has 2 aromatic rings. The van der Waals surface area contributed by atoms with E-state index in [2.05, 4.69) is 60.0 Å². The van der Waals surface area contributed by atoms with Crippen LogP contribution in [0.2, 0.25) is 0 Å². The highest BCUT2D eigenvalue weighted by Crippen LogP contribution is 2.37. The van der Waals surface area contributed by atoms with Crippen molar-refractivity contribution < 1.29 is 9.59 Å². The molecule has 1 saturated heterocycles. The summed E-state index contributed by atoms with van der Waals surface area (Å²) in [5.41, 5.74) is 5.64. The van der Waals surface area contributed by atoms with Gasteiger partial charge in [0.1, 0.15) is 5.70 Å². The van der Waals surface area contributed by atoms with Gasteiger partial charge in [-0.1, -0.05) is 62.1 Å². The van der Waals surface area contributed by atoms with Crippen molar-refractivity contribution in [2.75, 3.05) is 31.1 Å². The van der Waals surface area contributed by atoms with Gasteiger partial charge >= 0.3 is 0 Å². The molecule has 0 N–H and O–H groups in total. The maximum absolute atomic E-state index is 13.9. The molecule has 5 nitrogen and oxygen atoms in total. The molecular weight excluding hydrogens is 422 g/mol. The van der Waals surface area contributed by atoms with Crippen molar-refractivity contribution in [2.45, 2.75) is 58.4 Å². The van der Waals surface area contributed by atoms with Crippen molar-refractivity contribution in [3.63, 3.8) is 0 Å². The number of anilines is 1. The molecular formula is C29H35N3O2. The van der Waals surface area contributed by atoms with Crippen LogP contribution in [0.4, 0.5) is 5.69 Å². The Morgan fingerprint density at radius 1 is 0.706 bits per heavy atom. The van der Waals surface area contributed by atoms with Crippen molar-refractivity contribution in [1.29, 1.82) is 0 Å². The van der Waals surface area contributed by atoms with Crippen LogP contribution < -0.4 is 4.90 Å². The van der Waals surface area contributed by atoms with Crippen molar-refractivity contribution in [1.82, 2.24) is 9.80 Å². The highest BCUT2D eigenvalue weighted by Gasteiger charge is 2.45. The van der Waals surface area contributed by atoms with Crippen LogP contribution >= 0.6 is 0 Å². The van der Waals surface area contributed by atoms with Crippen LogP contribution in [0.3, 0.4) is 0 Å². The van der Waals surface area contributed by atoms with E-state index in [0.717, 1.165) is 63.0 Å². The number of carbonyl (C=O) groups is 2. The Morgan fingerprint density at radius 2 is 1.35 bits per heavy atom. The predicted molar refractivity (Wildman–Crippen MR) is 136 cm³/mol. The lowest BCUT2D eigenvalue weighted by Crippen LogP contribution is -2.48. The van der Waals surface area contributed by atoms with Crippen LogP contribution in [-0.2, 0) is 9.59 Å². The van der Waals surface area contributed by atoms with Gasteiger partial charge in [-0.2, -0.15) is 0 Å². The number of carbonyl (C=O) groups excluding carboxylic acids is 2. The molecule has 0 radical (unpaired) electrons. The zero-order valence-electron chi connectivity index (χ0n) is 20.4. The lowest BCUT2D eigenvalue weighted by atomic mass is 9.99. The highest BCUT2D eigenvalue weighted by molar-refractivity contribution is 6.35. The molecule has 0 unspecified atom stereocenters. The Kier molecular flexibility index (Phi) is 6.44. The minimum absolute atomic E-state index is 0.0205. The zero-order valence-corrected chi connectivity index (χ0v) is 20.4. The average Bonchev–Trinajstić information content (AvgIpc) is 3.01. The van der Waals surface area contributed by atoms with Crippen molar-refractivity contribution in [3.8, 4) is 0 Å². The van der Waals surface area contributed by atoms with Crippen molar-refractivity contribution in [2.24, 2.45) is 0 Å². The number of rotatable bonds is 4. The van der Waals surface area contributed by atoms with Gasteiger partial charge in [0.2, 0.25) is 0 Å². The standard InChI is InChI=1S/C29H35N3O2/c1-21-14-15-23(20-22(21)2)26-27(29(34)32(28(26)33)25-12-6-3-4-7-13-25)31-18-16-30(17-19-31)24-10-8-5-9-11-24/h5,8-11,14-15,20,25H,3-4,6-7,12-13,16-19H2,1-2H3. The maximum atomic E-state index is 13.9. The Morgan fingerprint density at radius 3 is 2.00 bits per heavy atom. The van der Waals surface area contributed by atoms with E-state index in [0.29, 0.717) is 11.3 Å². The van der Waals surface area contributed by atoms with Crippen LogP contribution in [0.5, 0.6) is 0 Å². The van der Waals surface area contributed by atoms with Gasteiger partial charge in [-0.15, -0.1) is 0 Å². The second-order valence-corrected chi connectivity index (χ2v) is 9.96. The molecule has 0 bridgehead atoms. The summed E-state index contributed by atoms with van der Waals surface area (Å²) in [4.78, 5) is 33.9. The van der Waals surface area contributed by atoms with Gasteiger partial charge < -0.3 is 9.80 Å². The third kappa shape index (κ3) is 4.24. The SMILES string of the molecule is Cc1ccc(C2=C(N3CCN(c4ccccc4)CC3)C(=O)N(C3CCCCCC3)C2=O)cc1C. The number of amides is 2. The third-order valence-electron chi connectivity index (χ3n) is 7.79. The fraction of sp³-hybridized carbons (Fsp3) is 0.448. The van der Waals surface area contributed by atoms with Crippen LogP contribution in [0, 0.1) is 13.8 Å². The van der Waals surface area contributed by atoms with E-state index < -0.39 is 0 Å². The Hall–Kier alpha value is -3.08. The van der Waals surface area contributed by atoms with E-state index in [-0.39, 0.29) is 17.9 Å². The molecule has 2 aliphatic heterocycles. The molecule has 1 aliphatic carbocycles. The number of nitrogens with zero attached hydrogens (tertiary/aromatic N) is 3. The molecule has 2 fully saturated rings. The molecule has 2 heterocycles. The summed E-state index contributed by atoms with van der Waals surface area (Å²) in [7, 11) is 0. The predicted octanol–water partition coefficient (Wildman–Crippen LogP) is 4.93. The van der Waals surface area contributed by atoms with E-state index in [1.54, 1.807) is 4.90 Å². The second-order valence-electron chi connectivity index (χ2n) is 9.96. The summed E-state index contributed by atoms with van der Waals surface area (Å²) in [6, 6.07) is 16.6. The molecule has 1 saturated carbocycles. The number of piperazine rings is 1. The number of imide groups is 1. The first-order valence-electron chi connectivity index (χ1n) is 12.8. The molecule has 0 atom stereocenters. The summed E-state index contributed by atoms with van der Waals surface area (Å²) in [6.07, 6.45) is 6.41. The molecule has 34 heavy (non-hydrogen) atoms. The number of aryl methyl sites for hydroxylation is 2. The summed E-state index contributed by atoms with van der Waals surface area (Å²) in [5, 5.41) is 0. The number of para-hydroxylation sites is 1. The van der Waals surface area contributed by atoms with Gasteiger partial charge in [0.25, 0.3) is 11.8 Å². The maximum Gasteiger partial charge on any atom is 0.278 e. The molecule has 178 valence electrons. The van der Waals surface area contributed by atoms with Crippen LogP contribution in [0.25, 0.3) is 5.57 Å². The first-order valence-corrected chi connectivity index (χ1v) is 12.8. The summed E-state index contributed by atoms with van der Waals surface area (Å²) in [6.45, 7) is 7.28. The summed E-state index contributed by atoms with van der Waals surface area (Å²) < 4.78 is 0. The molecule has 5 rings (SSSR count). The average molecular weight is 458 g/mol. The fourth-order valence-corrected chi connectivity index (χ4v) is 5.66. The van der Waals surface area contributed by atoms with E-state index in [1.807, 2.05) is 12.1 Å². The van der Waals surface area contributed by atoms with Gasteiger partial charge in [0.15, 0.2) is 0 Å². The first-order chi connectivity index (χ1) is 16.5. The Labute approximate surface area is 203 Å². The van der Waals surface area contributed by atoms with Crippen molar-refractivity contribution >= 4 is 23.1 Å². The molecule has 0 spiro atoms. The monoisotopic (exact) mass is 457 g/mol.